The maximum absolute atomic E-state index is 15.3. The van der Waals surface area contributed by atoms with E-state index < -0.39 is 17.3 Å². The second-order valence-electron chi connectivity index (χ2n) is 11.6. The van der Waals surface area contributed by atoms with E-state index in [4.69, 9.17) is 0 Å². The molecule has 0 aromatic heterocycles. The van der Waals surface area contributed by atoms with E-state index in [1.165, 1.54) is 6.07 Å². The average Bonchev–Trinajstić information content (AvgIpc) is 3.61. The van der Waals surface area contributed by atoms with Gasteiger partial charge in [0, 0.05) is 25.2 Å². The van der Waals surface area contributed by atoms with E-state index in [2.05, 4.69) is 34.7 Å². The minimum atomic E-state index is -0.797. The summed E-state index contributed by atoms with van der Waals surface area (Å²) in [7, 11) is 3.91. The van der Waals surface area contributed by atoms with Gasteiger partial charge in [-0.2, -0.15) is 5.26 Å². The van der Waals surface area contributed by atoms with Crippen LogP contribution in [0.5, 0.6) is 0 Å². The summed E-state index contributed by atoms with van der Waals surface area (Å²) in [4.78, 5) is 30.1. The summed E-state index contributed by atoms with van der Waals surface area (Å²) in [5.41, 5.74) is 3.42. The van der Waals surface area contributed by atoms with Gasteiger partial charge in [0.25, 0.3) is 0 Å². The zero-order valence-electron chi connectivity index (χ0n) is 22.0. The Morgan fingerprint density at radius 1 is 1.18 bits per heavy atom. The Morgan fingerprint density at radius 2 is 1.92 bits per heavy atom. The fourth-order valence-corrected chi connectivity index (χ4v) is 7.07. The van der Waals surface area contributed by atoms with Gasteiger partial charge in [0.2, 0.25) is 11.8 Å². The number of carbonyl (C=O) groups is 2. The molecular formula is C30H34FN5O2. The number of hydrogen-bond donors (Lipinski definition) is 2. The monoisotopic (exact) mass is 515 g/mol. The summed E-state index contributed by atoms with van der Waals surface area (Å²) in [5.74, 6) is -0.102. The van der Waals surface area contributed by atoms with Crippen LogP contribution in [0.2, 0.25) is 0 Å². The molecule has 1 spiro atoms. The number of nitriles is 1. The van der Waals surface area contributed by atoms with E-state index in [1.807, 2.05) is 25.2 Å². The lowest BCUT2D eigenvalue weighted by molar-refractivity contribution is -0.125. The van der Waals surface area contributed by atoms with Crippen molar-refractivity contribution in [3.63, 3.8) is 0 Å². The number of likely N-dealkylation sites (N-methyl/N-ethyl adjacent to an activating group) is 1. The van der Waals surface area contributed by atoms with Gasteiger partial charge < -0.3 is 20.4 Å². The van der Waals surface area contributed by atoms with Crippen molar-refractivity contribution in [2.24, 2.45) is 5.92 Å². The Morgan fingerprint density at radius 3 is 2.58 bits per heavy atom. The van der Waals surface area contributed by atoms with Crippen molar-refractivity contribution in [2.45, 2.75) is 62.1 Å². The third-order valence-corrected chi connectivity index (χ3v) is 9.35. The number of likely N-dealkylation sites (tertiary alicyclic amines) is 1. The molecule has 2 amide bonds. The molecule has 8 heteroatoms. The topological polar surface area (TPSA) is 88.5 Å². The molecule has 3 unspecified atom stereocenters. The summed E-state index contributed by atoms with van der Waals surface area (Å²) >= 11 is 0. The molecule has 198 valence electrons. The lowest BCUT2D eigenvalue weighted by Crippen LogP contribution is -2.50. The molecule has 2 saturated heterocycles. The summed E-state index contributed by atoms with van der Waals surface area (Å²) in [5, 5.41) is 15.8. The molecule has 1 aliphatic carbocycles. The van der Waals surface area contributed by atoms with Gasteiger partial charge >= 0.3 is 0 Å². The highest BCUT2D eigenvalue weighted by Crippen LogP contribution is 2.48. The number of hydrogen-bond acceptors (Lipinski definition) is 5. The Kier molecular flexibility index (Phi) is 6.24. The highest BCUT2D eigenvalue weighted by molar-refractivity contribution is 6.08. The molecular weight excluding hydrogens is 481 g/mol. The van der Waals surface area contributed by atoms with Gasteiger partial charge in [-0.05, 0) is 98.6 Å². The van der Waals surface area contributed by atoms with Crippen LogP contribution in [0.15, 0.2) is 36.4 Å². The van der Waals surface area contributed by atoms with E-state index in [0.29, 0.717) is 17.5 Å². The smallest absolute Gasteiger partial charge is 0.238 e. The molecule has 4 atom stereocenters. The molecule has 2 bridgehead atoms. The Labute approximate surface area is 223 Å². The van der Waals surface area contributed by atoms with Crippen molar-refractivity contribution in [3.05, 3.63) is 53.3 Å². The fraction of sp³-hybridized carbons (Fsp3) is 0.500. The number of nitrogens with zero attached hydrogens (tertiary/aromatic N) is 3. The molecule has 2 aromatic carbocycles. The van der Waals surface area contributed by atoms with Gasteiger partial charge in [0.15, 0.2) is 0 Å². The highest BCUT2D eigenvalue weighted by atomic mass is 19.1. The predicted molar refractivity (Wildman–Crippen MR) is 143 cm³/mol. The number of nitrogens with one attached hydrogen (secondary N) is 2. The number of rotatable bonds is 5. The molecule has 3 aliphatic heterocycles. The number of piperidine rings is 2. The first-order valence-electron chi connectivity index (χ1n) is 13.6. The zero-order chi connectivity index (χ0) is 26.6. The van der Waals surface area contributed by atoms with Crippen molar-refractivity contribution >= 4 is 17.5 Å². The number of fused-ring (bicyclic) bond motifs is 4. The molecule has 38 heavy (non-hydrogen) atoms. The SMILES string of the molecule is CN1CCC2(CC1)C(=O)N(C)c1ccc(-c3ccc(C[C@@H](C#N)NC(=O)C4NC5CCC4C5)c(F)c3)cc12. The van der Waals surface area contributed by atoms with Crippen molar-refractivity contribution in [1.82, 2.24) is 15.5 Å². The number of anilines is 1. The average molecular weight is 516 g/mol. The van der Waals surface area contributed by atoms with Crippen LogP contribution in [0.1, 0.15) is 43.2 Å². The van der Waals surface area contributed by atoms with E-state index >= 15 is 4.39 Å². The maximum Gasteiger partial charge on any atom is 0.238 e. The van der Waals surface area contributed by atoms with Crippen molar-refractivity contribution in [2.75, 3.05) is 32.1 Å². The third-order valence-electron chi connectivity index (χ3n) is 9.35. The molecule has 3 heterocycles. The number of carbonyl (C=O) groups excluding carboxylic acids is 2. The van der Waals surface area contributed by atoms with E-state index in [9.17, 15) is 14.9 Å². The second-order valence-corrected chi connectivity index (χ2v) is 11.6. The highest BCUT2D eigenvalue weighted by Gasteiger charge is 2.50. The number of benzene rings is 2. The van der Waals surface area contributed by atoms with Crippen LogP contribution in [0.25, 0.3) is 11.1 Å². The molecule has 2 aromatic rings. The van der Waals surface area contributed by atoms with Crippen molar-refractivity contribution in [3.8, 4) is 17.2 Å². The van der Waals surface area contributed by atoms with Crippen LogP contribution in [0.4, 0.5) is 10.1 Å². The lowest BCUT2D eigenvalue weighted by Gasteiger charge is -2.36. The first-order chi connectivity index (χ1) is 18.3. The standard InChI is InChI=1S/C30H34FN5O2/c1-35-11-9-30(10-12-35)24-15-18(6-8-26(24)36(2)29(30)38)19-3-4-20(25(31)16-19)13-23(17-32)34-28(37)27-21-5-7-22(14-21)33-27/h3-4,6,8,15-16,21-23,27,33H,5,7,9-14H2,1-2H3,(H,34,37)/t21?,22?,23-,27?/m0/s1. The molecule has 2 N–H and O–H groups in total. The molecule has 1 saturated carbocycles. The number of halogens is 1. The van der Waals surface area contributed by atoms with E-state index in [0.717, 1.165) is 67.6 Å². The van der Waals surface area contributed by atoms with Crippen LogP contribution >= 0.6 is 0 Å². The molecule has 7 nitrogen and oxygen atoms in total. The third kappa shape index (κ3) is 4.09. The Hall–Kier alpha value is -3.28. The van der Waals surface area contributed by atoms with Gasteiger partial charge in [-0.15, -0.1) is 0 Å². The van der Waals surface area contributed by atoms with Gasteiger partial charge in [-0.3, -0.25) is 9.59 Å². The lowest BCUT2D eigenvalue weighted by atomic mass is 9.73. The first-order valence-corrected chi connectivity index (χ1v) is 13.6. The van der Waals surface area contributed by atoms with Crippen LogP contribution in [-0.2, 0) is 21.4 Å². The summed E-state index contributed by atoms with van der Waals surface area (Å²) in [6.45, 7) is 1.72. The molecule has 3 fully saturated rings. The van der Waals surface area contributed by atoms with Crippen LogP contribution in [0, 0.1) is 23.1 Å². The van der Waals surface area contributed by atoms with Gasteiger partial charge in [-0.25, -0.2) is 4.39 Å². The second kappa shape index (κ2) is 9.48. The molecule has 6 rings (SSSR count). The van der Waals surface area contributed by atoms with Crippen LogP contribution in [0.3, 0.4) is 0 Å². The van der Waals surface area contributed by atoms with Crippen molar-refractivity contribution in [1.29, 1.82) is 5.26 Å². The van der Waals surface area contributed by atoms with Gasteiger partial charge in [0.1, 0.15) is 11.9 Å². The minimum Gasteiger partial charge on any atom is -0.339 e. The Bertz CT molecular complexity index is 1330. The molecule has 4 aliphatic rings. The normalized spacial score (nSPS) is 26.4. The first kappa shape index (κ1) is 25.0. The van der Waals surface area contributed by atoms with Gasteiger partial charge in [0.05, 0.1) is 17.5 Å². The number of amides is 2. The summed E-state index contributed by atoms with van der Waals surface area (Å²) < 4.78 is 15.3. The van der Waals surface area contributed by atoms with Gasteiger partial charge in [-0.1, -0.05) is 18.2 Å². The predicted octanol–water partition coefficient (Wildman–Crippen LogP) is 3.12. The largest absolute Gasteiger partial charge is 0.339 e. The fourth-order valence-electron chi connectivity index (χ4n) is 7.07. The summed E-state index contributed by atoms with van der Waals surface area (Å²) in [6, 6.07) is 12.5. The minimum absolute atomic E-state index is 0.106. The maximum atomic E-state index is 15.3. The van der Waals surface area contributed by atoms with Crippen LogP contribution in [-0.4, -0.2) is 62.0 Å². The molecule has 0 radical (unpaired) electrons. The zero-order valence-corrected chi connectivity index (χ0v) is 22.0. The Balaban J connectivity index is 1.20. The quantitative estimate of drug-likeness (QED) is 0.639. The van der Waals surface area contributed by atoms with Crippen molar-refractivity contribution < 1.29 is 14.0 Å². The van der Waals surface area contributed by atoms with E-state index in [-0.39, 0.29) is 24.3 Å². The van der Waals surface area contributed by atoms with E-state index in [1.54, 1.807) is 11.0 Å². The summed E-state index contributed by atoms with van der Waals surface area (Å²) in [6.07, 6.45) is 4.80. The van der Waals surface area contributed by atoms with Crippen LogP contribution < -0.4 is 15.5 Å².